The van der Waals surface area contributed by atoms with Crippen molar-refractivity contribution in [3.05, 3.63) is 66.7 Å². The highest BCUT2D eigenvalue weighted by molar-refractivity contribution is 7.90. The van der Waals surface area contributed by atoms with Gasteiger partial charge in [0.05, 0.1) is 0 Å². The lowest BCUT2D eigenvalue weighted by Gasteiger charge is -2.11. The third-order valence-corrected chi connectivity index (χ3v) is 3.98. The molecule has 1 heterocycles. The van der Waals surface area contributed by atoms with Crippen LogP contribution < -0.4 is 10.6 Å². The summed E-state index contributed by atoms with van der Waals surface area (Å²) >= 11 is 0. The summed E-state index contributed by atoms with van der Waals surface area (Å²) in [5.41, 5.74) is 1.61. The number of rotatable bonds is 5. The molecule has 0 spiro atoms. The van der Waals surface area contributed by atoms with E-state index in [1.54, 1.807) is 6.07 Å². The quantitative estimate of drug-likeness (QED) is 0.693. The first-order valence-corrected chi connectivity index (χ1v) is 9.13. The summed E-state index contributed by atoms with van der Waals surface area (Å²) in [5, 5.41) is 5.94. The molecule has 0 aliphatic carbocycles. The smallest absolute Gasteiger partial charge is 0.250 e. The number of benzene rings is 2. The van der Waals surface area contributed by atoms with E-state index in [1.165, 1.54) is 0 Å². The van der Waals surface area contributed by atoms with E-state index < -0.39 is 9.84 Å². The summed E-state index contributed by atoms with van der Waals surface area (Å²) in [6.07, 6.45) is 1.08. The van der Waals surface area contributed by atoms with Gasteiger partial charge in [0.15, 0.2) is 0 Å². The van der Waals surface area contributed by atoms with Crippen LogP contribution in [-0.4, -0.2) is 24.6 Å². The zero-order valence-corrected chi connectivity index (χ0v) is 13.8. The minimum atomic E-state index is -3.53. The summed E-state index contributed by atoms with van der Waals surface area (Å²) in [6.45, 7) is 0. The number of nitrogens with one attached hydrogen (secondary N) is 2. The van der Waals surface area contributed by atoms with Crippen LogP contribution in [0.5, 0.6) is 0 Å². The van der Waals surface area contributed by atoms with Gasteiger partial charge in [-0.1, -0.05) is 36.4 Å². The highest BCUT2D eigenvalue weighted by atomic mass is 32.2. The lowest BCUT2D eigenvalue weighted by Crippen LogP contribution is -2.08. The molecule has 1 aromatic heterocycles. The SMILES string of the molecule is CS(=O)(=O)c1nc(Nc2ccccc2)cc(Nc2ccccc2)n1. The second-order valence-electron chi connectivity index (χ2n) is 5.18. The van der Waals surface area contributed by atoms with Gasteiger partial charge in [-0.05, 0) is 24.3 Å². The van der Waals surface area contributed by atoms with Gasteiger partial charge in [-0.25, -0.2) is 18.4 Å². The second kappa shape index (κ2) is 6.67. The predicted molar refractivity (Wildman–Crippen MR) is 94.6 cm³/mol. The number of anilines is 4. The Hall–Kier alpha value is -2.93. The fourth-order valence-corrected chi connectivity index (χ4v) is 2.59. The molecule has 0 atom stereocenters. The topological polar surface area (TPSA) is 84.0 Å². The van der Waals surface area contributed by atoms with Crippen LogP contribution in [-0.2, 0) is 9.84 Å². The van der Waals surface area contributed by atoms with Gasteiger partial charge in [-0.15, -0.1) is 0 Å². The molecule has 24 heavy (non-hydrogen) atoms. The van der Waals surface area contributed by atoms with Crippen LogP contribution in [0.2, 0.25) is 0 Å². The van der Waals surface area contributed by atoms with Crippen molar-refractivity contribution in [2.24, 2.45) is 0 Å². The molecule has 0 fully saturated rings. The van der Waals surface area contributed by atoms with Crippen LogP contribution in [0.15, 0.2) is 71.9 Å². The third-order valence-electron chi connectivity index (χ3n) is 3.13. The lowest BCUT2D eigenvalue weighted by atomic mass is 10.3. The average molecular weight is 340 g/mol. The van der Waals surface area contributed by atoms with Crippen molar-refractivity contribution in [1.82, 2.24) is 9.97 Å². The fourth-order valence-electron chi connectivity index (χ4n) is 2.06. The van der Waals surface area contributed by atoms with E-state index in [0.29, 0.717) is 11.6 Å². The van der Waals surface area contributed by atoms with Crippen LogP contribution in [0, 0.1) is 0 Å². The van der Waals surface area contributed by atoms with Crippen LogP contribution >= 0.6 is 0 Å². The summed E-state index contributed by atoms with van der Waals surface area (Å²) in [6, 6.07) is 20.4. The largest absolute Gasteiger partial charge is 0.340 e. The first-order chi connectivity index (χ1) is 11.5. The van der Waals surface area contributed by atoms with Crippen molar-refractivity contribution < 1.29 is 8.42 Å². The van der Waals surface area contributed by atoms with Gasteiger partial charge in [-0.3, -0.25) is 0 Å². The second-order valence-corrected chi connectivity index (χ2v) is 7.08. The van der Waals surface area contributed by atoms with Crippen LogP contribution in [0.1, 0.15) is 0 Å². The maximum atomic E-state index is 11.9. The molecule has 6 nitrogen and oxygen atoms in total. The molecule has 3 rings (SSSR count). The molecule has 122 valence electrons. The van der Waals surface area contributed by atoms with E-state index in [0.717, 1.165) is 17.6 Å². The Balaban J connectivity index is 1.97. The molecule has 0 unspecified atom stereocenters. The lowest BCUT2D eigenvalue weighted by molar-refractivity contribution is 0.593. The monoisotopic (exact) mass is 340 g/mol. The number of hydrogen-bond donors (Lipinski definition) is 2. The average Bonchev–Trinajstić information content (AvgIpc) is 2.56. The summed E-state index contributed by atoms with van der Waals surface area (Å²) in [4.78, 5) is 8.18. The standard InChI is InChI=1S/C17H16N4O2S/c1-24(22,23)17-20-15(18-13-8-4-2-5-9-13)12-16(21-17)19-14-10-6-3-7-11-14/h2-12H,1H3,(H2,18,19,20,21). The van der Waals surface area contributed by atoms with Crippen molar-refractivity contribution in [1.29, 1.82) is 0 Å². The van der Waals surface area contributed by atoms with Gasteiger partial charge in [-0.2, -0.15) is 0 Å². The Morgan fingerprint density at radius 2 is 1.17 bits per heavy atom. The molecule has 7 heteroatoms. The maximum absolute atomic E-state index is 11.9. The molecule has 0 radical (unpaired) electrons. The zero-order valence-electron chi connectivity index (χ0n) is 13.0. The Bertz CT molecular complexity index is 870. The summed E-state index contributed by atoms with van der Waals surface area (Å²) < 4.78 is 23.7. The van der Waals surface area contributed by atoms with E-state index in [-0.39, 0.29) is 5.16 Å². The van der Waals surface area contributed by atoms with Crippen LogP contribution in [0.3, 0.4) is 0 Å². The Morgan fingerprint density at radius 1 is 0.750 bits per heavy atom. The summed E-state index contributed by atoms with van der Waals surface area (Å²) in [7, 11) is -3.53. The highest BCUT2D eigenvalue weighted by Gasteiger charge is 2.14. The molecule has 0 aliphatic heterocycles. The van der Waals surface area contributed by atoms with E-state index in [1.807, 2.05) is 60.7 Å². The first kappa shape index (κ1) is 15.9. The normalized spacial score (nSPS) is 11.0. The number of aromatic nitrogens is 2. The molecule has 0 aliphatic rings. The number of para-hydroxylation sites is 2. The molecular formula is C17H16N4O2S. The van der Waals surface area contributed by atoms with Gasteiger partial charge in [0.2, 0.25) is 9.84 Å². The zero-order chi connectivity index (χ0) is 17.0. The number of nitrogens with zero attached hydrogens (tertiary/aromatic N) is 2. The molecule has 0 saturated carbocycles. The highest BCUT2D eigenvalue weighted by Crippen LogP contribution is 2.21. The minimum absolute atomic E-state index is 0.234. The third kappa shape index (κ3) is 4.08. The molecule has 2 aromatic carbocycles. The van der Waals surface area contributed by atoms with Crippen molar-refractivity contribution in [2.75, 3.05) is 16.9 Å². The van der Waals surface area contributed by atoms with E-state index in [2.05, 4.69) is 20.6 Å². The van der Waals surface area contributed by atoms with Crippen molar-refractivity contribution >= 4 is 32.8 Å². The van der Waals surface area contributed by atoms with Crippen molar-refractivity contribution in [3.8, 4) is 0 Å². The fraction of sp³-hybridized carbons (Fsp3) is 0.0588. The van der Waals surface area contributed by atoms with Gasteiger partial charge >= 0.3 is 0 Å². The van der Waals surface area contributed by atoms with Crippen molar-refractivity contribution in [3.63, 3.8) is 0 Å². The van der Waals surface area contributed by atoms with Gasteiger partial charge < -0.3 is 10.6 Å². The van der Waals surface area contributed by atoms with E-state index >= 15 is 0 Å². The van der Waals surface area contributed by atoms with Gasteiger partial charge in [0.1, 0.15) is 11.6 Å². The van der Waals surface area contributed by atoms with Crippen LogP contribution in [0.4, 0.5) is 23.0 Å². The van der Waals surface area contributed by atoms with E-state index in [9.17, 15) is 8.42 Å². The van der Waals surface area contributed by atoms with Crippen molar-refractivity contribution in [2.45, 2.75) is 5.16 Å². The predicted octanol–water partition coefficient (Wildman–Crippen LogP) is 3.37. The minimum Gasteiger partial charge on any atom is -0.340 e. The number of sulfone groups is 1. The van der Waals surface area contributed by atoms with Gasteiger partial charge in [0, 0.05) is 23.7 Å². The molecule has 3 aromatic rings. The Kier molecular flexibility index (Phi) is 4.43. The molecular weight excluding hydrogens is 324 g/mol. The van der Waals surface area contributed by atoms with Gasteiger partial charge in [0.25, 0.3) is 5.16 Å². The maximum Gasteiger partial charge on any atom is 0.250 e. The Labute approximate surface area is 140 Å². The van der Waals surface area contributed by atoms with E-state index in [4.69, 9.17) is 0 Å². The molecule has 2 N–H and O–H groups in total. The van der Waals surface area contributed by atoms with Crippen LogP contribution in [0.25, 0.3) is 0 Å². The summed E-state index contributed by atoms with van der Waals surface area (Å²) in [5.74, 6) is 0.796. The Morgan fingerprint density at radius 3 is 1.54 bits per heavy atom. The molecule has 0 bridgehead atoms. The molecule has 0 saturated heterocycles. The first-order valence-electron chi connectivity index (χ1n) is 7.24. The molecule has 0 amide bonds. The number of hydrogen-bond acceptors (Lipinski definition) is 6.